The van der Waals surface area contributed by atoms with E-state index in [0.29, 0.717) is 16.8 Å². The fourth-order valence-corrected chi connectivity index (χ4v) is 7.51. The van der Waals surface area contributed by atoms with Crippen molar-refractivity contribution in [2.75, 3.05) is 10.2 Å². The van der Waals surface area contributed by atoms with E-state index in [1.807, 2.05) is 54.8 Å². The maximum atomic E-state index is 13.8. The Hall–Kier alpha value is -4.87. The molecule has 0 bridgehead atoms. The lowest BCUT2D eigenvalue weighted by Crippen LogP contribution is -2.54. The molecule has 0 spiro atoms. The van der Waals surface area contributed by atoms with Crippen LogP contribution in [0, 0.1) is 13.8 Å². The number of thiophene rings is 1. The zero-order valence-electron chi connectivity index (χ0n) is 24.0. The van der Waals surface area contributed by atoms with Gasteiger partial charge in [-0.05, 0) is 105 Å². The summed E-state index contributed by atoms with van der Waals surface area (Å²) in [6.07, 6.45) is 5.34. The van der Waals surface area contributed by atoms with Gasteiger partial charge < -0.3 is 15.0 Å². The summed E-state index contributed by atoms with van der Waals surface area (Å²) in [4.78, 5) is 54.3. The molecule has 3 heterocycles. The third kappa shape index (κ3) is 5.24. The Morgan fingerprint density at radius 2 is 1.77 bits per heavy atom. The summed E-state index contributed by atoms with van der Waals surface area (Å²) < 4.78 is 2.01. The molecule has 1 aliphatic heterocycles. The van der Waals surface area contributed by atoms with Crippen LogP contribution in [0.4, 0.5) is 11.4 Å². The fraction of sp³-hybridized carbons (Fsp3) is 0.182. The average Bonchev–Trinajstić information content (AvgIpc) is 3.51. The van der Waals surface area contributed by atoms with Crippen molar-refractivity contribution < 1.29 is 24.3 Å². The van der Waals surface area contributed by atoms with Gasteiger partial charge in [-0.1, -0.05) is 24.3 Å². The van der Waals surface area contributed by atoms with E-state index in [1.165, 1.54) is 29.2 Å². The van der Waals surface area contributed by atoms with Crippen LogP contribution < -0.4 is 15.5 Å². The van der Waals surface area contributed by atoms with Crippen LogP contribution in [0.3, 0.4) is 0 Å². The van der Waals surface area contributed by atoms with Crippen molar-refractivity contribution in [2.45, 2.75) is 39.5 Å². The van der Waals surface area contributed by atoms with E-state index < -0.39 is 17.8 Å². The number of carboxylic acid groups (broad SMARTS) is 1. The topological polar surface area (TPSA) is 121 Å². The molecule has 11 heteroatoms. The molecule has 1 aliphatic carbocycles. The van der Waals surface area contributed by atoms with Gasteiger partial charge in [-0.25, -0.2) is 4.79 Å². The SMILES string of the molecule is Cc1cc(C=C2C(=O)NC(=S)N(c3cccc(C(=O)O)c3)C2=O)c(C)n1-c1sc2c(c1C(=O)Nc1ccccc1)CCCC2. The van der Waals surface area contributed by atoms with Gasteiger partial charge in [0.25, 0.3) is 17.7 Å². The number of carboxylic acids is 1. The van der Waals surface area contributed by atoms with Gasteiger partial charge in [-0.3, -0.25) is 24.6 Å². The number of thiocarbonyl (C=S) groups is 1. The zero-order valence-corrected chi connectivity index (χ0v) is 25.6. The number of benzene rings is 2. The van der Waals surface area contributed by atoms with E-state index in [0.717, 1.165) is 52.5 Å². The molecule has 0 saturated carbocycles. The summed E-state index contributed by atoms with van der Waals surface area (Å²) in [5, 5.41) is 15.7. The maximum Gasteiger partial charge on any atom is 0.335 e. The van der Waals surface area contributed by atoms with Crippen LogP contribution in [0.25, 0.3) is 11.1 Å². The number of aromatic carboxylic acids is 1. The molecule has 0 unspecified atom stereocenters. The largest absolute Gasteiger partial charge is 0.478 e. The van der Waals surface area contributed by atoms with Crippen molar-refractivity contribution in [1.82, 2.24) is 9.88 Å². The summed E-state index contributed by atoms with van der Waals surface area (Å²) in [7, 11) is 0. The second-order valence-electron chi connectivity index (χ2n) is 10.7. The van der Waals surface area contributed by atoms with E-state index in [9.17, 15) is 24.3 Å². The summed E-state index contributed by atoms with van der Waals surface area (Å²) in [6.45, 7) is 3.81. The Morgan fingerprint density at radius 3 is 2.52 bits per heavy atom. The average molecular weight is 625 g/mol. The number of para-hydroxylation sites is 1. The van der Waals surface area contributed by atoms with Crippen molar-refractivity contribution in [3.8, 4) is 5.00 Å². The number of anilines is 2. The number of fused-ring (bicyclic) bond motifs is 1. The lowest BCUT2D eigenvalue weighted by Gasteiger charge is -2.29. The second kappa shape index (κ2) is 11.7. The Kier molecular flexibility index (Phi) is 7.74. The number of amides is 3. The first-order chi connectivity index (χ1) is 21.1. The van der Waals surface area contributed by atoms with Gasteiger partial charge in [0, 0.05) is 22.0 Å². The highest BCUT2D eigenvalue weighted by atomic mass is 32.1. The number of hydrogen-bond acceptors (Lipinski definition) is 6. The first-order valence-electron chi connectivity index (χ1n) is 14.1. The molecule has 222 valence electrons. The van der Waals surface area contributed by atoms with E-state index in [2.05, 4.69) is 10.6 Å². The minimum atomic E-state index is -1.15. The molecule has 9 nitrogen and oxygen atoms in total. The lowest BCUT2D eigenvalue weighted by atomic mass is 9.95. The molecule has 2 aromatic heterocycles. The van der Waals surface area contributed by atoms with Crippen molar-refractivity contribution in [2.24, 2.45) is 0 Å². The molecule has 2 aliphatic rings. The number of rotatable bonds is 6. The van der Waals surface area contributed by atoms with Crippen LogP contribution in [0.5, 0.6) is 0 Å². The first kappa shape index (κ1) is 29.2. The predicted octanol–water partition coefficient (Wildman–Crippen LogP) is 5.82. The highest BCUT2D eigenvalue weighted by Gasteiger charge is 2.35. The maximum absolute atomic E-state index is 13.8. The van der Waals surface area contributed by atoms with E-state index in [-0.39, 0.29) is 27.8 Å². The monoisotopic (exact) mass is 624 g/mol. The molecule has 3 amide bonds. The van der Waals surface area contributed by atoms with Crippen LogP contribution >= 0.6 is 23.6 Å². The summed E-state index contributed by atoms with van der Waals surface area (Å²) in [5.74, 6) is -2.64. The van der Waals surface area contributed by atoms with Crippen molar-refractivity contribution in [3.05, 3.63) is 105 Å². The molecule has 4 aromatic rings. The first-order valence-corrected chi connectivity index (χ1v) is 15.3. The highest BCUT2D eigenvalue weighted by Crippen LogP contribution is 2.39. The second-order valence-corrected chi connectivity index (χ2v) is 12.2. The quantitative estimate of drug-likeness (QED) is 0.141. The van der Waals surface area contributed by atoms with Crippen molar-refractivity contribution in [3.63, 3.8) is 0 Å². The summed E-state index contributed by atoms with van der Waals surface area (Å²) >= 11 is 6.90. The van der Waals surface area contributed by atoms with Crippen LogP contribution in [0.15, 0.2) is 66.2 Å². The molecule has 2 aromatic carbocycles. The van der Waals surface area contributed by atoms with Gasteiger partial charge in [0.15, 0.2) is 5.11 Å². The van der Waals surface area contributed by atoms with Gasteiger partial charge in [0.2, 0.25) is 0 Å². The minimum absolute atomic E-state index is 0.0187. The van der Waals surface area contributed by atoms with Crippen LogP contribution in [0.1, 0.15) is 60.9 Å². The van der Waals surface area contributed by atoms with Gasteiger partial charge >= 0.3 is 5.97 Å². The molecule has 0 radical (unpaired) electrons. The molecular weight excluding hydrogens is 597 g/mol. The summed E-state index contributed by atoms with van der Waals surface area (Å²) in [6, 6.07) is 17.0. The normalized spacial score (nSPS) is 15.7. The molecule has 0 atom stereocenters. The minimum Gasteiger partial charge on any atom is -0.478 e. The van der Waals surface area contributed by atoms with Crippen LogP contribution in [-0.2, 0) is 22.4 Å². The van der Waals surface area contributed by atoms with E-state index in [1.54, 1.807) is 17.4 Å². The molecular formula is C33H28N4O5S2. The zero-order chi connectivity index (χ0) is 31.1. The van der Waals surface area contributed by atoms with Crippen LogP contribution in [0.2, 0.25) is 0 Å². The third-order valence-electron chi connectivity index (χ3n) is 7.84. The Bertz CT molecular complexity index is 1900. The molecule has 3 N–H and O–H groups in total. The molecule has 6 rings (SSSR count). The molecule has 1 saturated heterocycles. The van der Waals surface area contributed by atoms with Crippen molar-refractivity contribution in [1.29, 1.82) is 0 Å². The fourth-order valence-electron chi connectivity index (χ4n) is 5.73. The van der Waals surface area contributed by atoms with E-state index in [4.69, 9.17) is 12.2 Å². The number of carbonyl (C=O) groups is 4. The van der Waals surface area contributed by atoms with Gasteiger partial charge in [0.1, 0.15) is 10.6 Å². The highest BCUT2D eigenvalue weighted by molar-refractivity contribution is 7.80. The summed E-state index contributed by atoms with van der Waals surface area (Å²) in [5.41, 5.74) is 4.74. The number of aryl methyl sites for hydroxylation is 2. The smallest absolute Gasteiger partial charge is 0.335 e. The number of hydrogen-bond donors (Lipinski definition) is 3. The van der Waals surface area contributed by atoms with Crippen LogP contribution in [-0.4, -0.2) is 38.5 Å². The number of nitrogens with one attached hydrogen (secondary N) is 2. The number of carbonyl (C=O) groups excluding carboxylic acids is 3. The molecule has 1 fully saturated rings. The number of nitrogens with zero attached hydrogens (tertiary/aromatic N) is 2. The van der Waals surface area contributed by atoms with Gasteiger partial charge in [0.05, 0.1) is 16.8 Å². The van der Waals surface area contributed by atoms with Gasteiger partial charge in [-0.2, -0.15) is 0 Å². The predicted molar refractivity (Wildman–Crippen MR) is 174 cm³/mol. The Balaban J connectivity index is 1.41. The number of aromatic nitrogens is 1. The van der Waals surface area contributed by atoms with E-state index >= 15 is 0 Å². The Morgan fingerprint density at radius 1 is 1.02 bits per heavy atom. The standard InChI is InChI=1S/C33H28N4O5S2/c1-18-15-21(17-25-28(38)35-33(43)37(30(25)40)23-12-8-9-20(16-23)32(41)42)19(2)36(18)31-27(24-13-6-7-14-26(24)44-31)29(39)34-22-10-4-3-5-11-22/h3-5,8-12,15-17H,6-7,13-14H2,1-2H3,(H,34,39)(H,41,42)(H,35,38,43). The van der Waals surface area contributed by atoms with Crippen molar-refractivity contribution >= 4 is 69.8 Å². The Labute approximate surface area is 262 Å². The molecule has 44 heavy (non-hydrogen) atoms. The lowest BCUT2D eigenvalue weighted by molar-refractivity contribution is -0.122. The van der Waals surface area contributed by atoms with Gasteiger partial charge in [-0.15, -0.1) is 11.3 Å². The third-order valence-corrected chi connectivity index (χ3v) is 9.40.